The number of nitrogens with zero attached hydrogens (tertiary/aromatic N) is 3. The van der Waals surface area contributed by atoms with Crippen LogP contribution in [0.4, 0.5) is 5.69 Å². The van der Waals surface area contributed by atoms with E-state index in [1.165, 1.54) is 0 Å². The van der Waals surface area contributed by atoms with Crippen molar-refractivity contribution in [2.45, 2.75) is 32.7 Å². The van der Waals surface area contributed by atoms with Gasteiger partial charge < -0.3 is 11.1 Å². The standard InChI is InChI=1S/C13H19N5O/c1-5-13(3,14)12(19)16-9-6-10-8(2)17-18(4)11(10)15-7-9/h6-7H,5,14H2,1-4H3,(H,16,19). The van der Waals surface area contributed by atoms with Crippen LogP contribution in [0.15, 0.2) is 12.3 Å². The summed E-state index contributed by atoms with van der Waals surface area (Å²) >= 11 is 0. The highest BCUT2D eigenvalue weighted by Crippen LogP contribution is 2.20. The van der Waals surface area contributed by atoms with Gasteiger partial charge in [0, 0.05) is 12.4 Å². The fraction of sp³-hybridized carbons (Fsp3) is 0.462. The molecule has 2 aromatic rings. The van der Waals surface area contributed by atoms with Crippen LogP contribution in [-0.2, 0) is 11.8 Å². The second kappa shape index (κ2) is 4.62. The molecule has 6 heteroatoms. The molecule has 1 unspecified atom stereocenters. The van der Waals surface area contributed by atoms with Crippen molar-refractivity contribution in [3.63, 3.8) is 0 Å². The molecule has 0 aliphatic carbocycles. The van der Waals surface area contributed by atoms with E-state index in [0.717, 1.165) is 16.7 Å². The minimum Gasteiger partial charge on any atom is -0.323 e. The maximum Gasteiger partial charge on any atom is 0.244 e. The molecule has 19 heavy (non-hydrogen) atoms. The number of pyridine rings is 1. The lowest BCUT2D eigenvalue weighted by molar-refractivity contribution is -0.120. The van der Waals surface area contributed by atoms with Gasteiger partial charge in [0.1, 0.15) is 0 Å². The highest BCUT2D eigenvalue weighted by atomic mass is 16.2. The fourth-order valence-electron chi connectivity index (χ4n) is 1.81. The number of carbonyl (C=O) groups is 1. The van der Waals surface area contributed by atoms with Gasteiger partial charge in [-0.2, -0.15) is 5.10 Å². The molecule has 0 aliphatic rings. The number of aryl methyl sites for hydroxylation is 2. The van der Waals surface area contributed by atoms with Crippen LogP contribution in [-0.4, -0.2) is 26.2 Å². The smallest absolute Gasteiger partial charge is 0.244 e. The van der Waals surface area contributed by atoms with Crippen molar-refractivity contribution in [1.82, 2.24) is 14.8 Å². The van der Waals surface area contributed by atoms with Gasteiger partial charge in [0.25, 0.3) is 0 Å². The third kappa shape index (κ3) is 2.44. The van der Waals surface area contributed by atoms with Crippen molar-refractivity contribution in [2.24, 2.45) is 12.8 Å². The SMILES string of the molecule is CCC(C)(N)C(=O)Nc1cnc2c(c1)c(C)nn2C. The number of nitrogens with two attached hydrogens (primary N) is 1. The lowest BCUT2D eigenvalue weighted by Gasteiger charge is -2.21. The molecule has 0 aromatic carbocycles. The zero-order valence-electron chi connectivity index (χ0n) is 11.7. The Morgan fingerprint density at radius 2 is 2.26 bits per heavy atom. The number of nitrogens with one attached hydrogen (secondary N) is 1. The Morgan fingerprint density at radius 3 is 2.89 bits per heavy atom. The van der Waals surface area contributed by atoms with E-state index in [4.69, 9.17) is 5.73 Å². The monoisotopic (exact) mass is 261 g/mol. The maximum absolute atomic E-state index is 12.0. The summed E-state index contributed by atoms with van der Waals surface area (Å²) < 4.78 is 1.72. The largest absolute Gasteiger partial charge is 0.323 e. The van der Waals surface area contributed by atoms with E-state index in [0.29, 0.717) is 12.1 Å². The van der Waals surface area contributed by atoms with Crippen LogP contribution in [0.3, 0.4) is 0 Å². The van der Waals surface area contributed by atoms with Gasteiger partial charge in [-0.05, 0) is 26.3 Å². The predicted octanol–water partition coefficient (Wildman–Crippen LogP) is 1.34. The summed E-state index contributed by atoms with van der Waals surface area (Å²) in [6.07, 6.45) is 2.19. The first-order valence-electron chi connectivity index (χ1n) is 6.25. The summed E-state index contributed by atoms with van der Waals surface area (Å²) in [5.41, 5.74) is 7.34. The summed E-state index contributed by atoms with van der Waals surface area (Å²) in [5.74, 6) is -0.210. The molecule has 0 spiro atoms. The van der Waals surface area contributed by atoms with Gasteiger partial charge in [-0.15, -0.1) is 0 Å². The second-order valence-electron chi connectivity index (χ2n) is 5.03. The summed E-state index contributed by atoms with van der Waals surface area (Å²) in [6, 6.07) is 1.87. The van der Waals surface area contributed by atoms with Crippen LogP contribution in [0.2, 0.25) is 0 Å². The van der Waals surface area contributed by atoms with E-state index in [1.807, 2.05) is 27.0 Å². The molecule has 0 radical (unpaired) electrons. The molecule has 0 saturated carbocycles. The number of hydrogen-bond acceptors (Lipinski definition) is 4. The van der Waals surface area contributed by atoms with E-state index >= 15 is 0 Å². The van der Waals surface area contributed by atoms with Crippen LogP contribution in [0.25, 0.3) is 11.0 Å². The molecule has 0 saturated heterocycles. The molecule has 6 nitrogen and oxygen atoms in total. The minimum absolute atomic E-state index is 0.210. The highest BCUT2D eigenvalue weighted by molar-refractivity contribution is 5.98. The first-order chi connectivity index (χ1) is 8.85. The Labute approximate surface area is 112 Å². The topological polar surface area (TPSA) is 85.8 Å². The normalized spacial score (nSPS) is 14.4. The van der Waals surface area contributed by atoms with E-state index in [9.17, 15) is 4.79 Å². The van der Waals surface area contributed by atoms with Crippen LogP contribution >= 0.6 is 0 Å². The van der Waals surface area contributed by atoms with Gasteiger partial charge in [0.05, 0.1) is 23.1 Å². The molecule has 1 atom stereocenters. The highest BCUT2D eigenvalue weighted by Gasteiger charge is 2.26. The van der Waals surface area contributed by atoms with Crippen molar-refractivity contribution in [1.29, 1.82) is 0 Å². The van der Waals surface area contributed by atoms with Crippen molar-refractivity contribution in [3.8, 4) is 0 Å². The van der Waals surface area contributed by atoms with E-state index in [-0.39, 0.29) is 5.91 Å². The molecule has 0 aliphatic heterocycles. The number of aromatic nitrogens is 3. The van der Waals surface area contributed by atoms with Crippen LogP contribution in [0, 0.1) is 6.92 Å². The number of amides is 1. The van der Waals surface area contributed by atoms with Crippen molar-refractivity contribution >= 4 is 22.6 Å². The van der Waals surface area contributed by atoms with Crippen LogP contribution in [0.5, 0.6) is 0 Å². The summed E-state index contributed by atoms with van der Waals surface area (Å²) in [7, 11) is 1.84. The molecule has 2 rings (SSSR count). The van der Waals surface area contributed by atoms with Crippen molar-refractivity contribution < 1.29 is 4.79 Å². The van der Waals surface area contributed by atoms with Gasteiger partial charge >= 0.3 is 0 Å². The third-order valence-corrected chi connectivity index (χ3v) is 3.37. The minimum atomic E-state index is -0.876. The number of anilines is 1. The van der Waals surface area contributed by atoms with E-state index < -0.39 is 5.54 Å². The lowest BCUT2D eigenvalue weighted by atomic mass is 9.99. The first-order valence-corrected chi connectivity index (χ1v) is 6.25. The Hall–Kier alpha value is -1.95. The zero-order chi connectivity index (χ0) is 14.2. The third-order valence-electron chi connectivity index (χ3n) is 3.37. The number of carbonyl (C=O) groups excluding carboxylic acids is 1. The van der Waals surface area contributed by atoms with Crippen molar-refractivity contribution in [3.05, 3.63) is 18.0 Å². The van der Waals surface area contributed by atoms with Gasteiger partial charge in [-0.25, -0.2) is 4.98 Å². The number of hydrogen-bond donors (Lipinski definition) is 2. The summed E-state index contributed by atoms with van der Waals surface area (Å²) in [4.78, 5) is 16.3. The number of rotatable bonds is 3. The Bertz CT molecular complexity index is 629. The molecule has 1 amide bonds. The molecular weight excluding hydrogens is 242 g/mol. The first kappa shape index (κ1) is 13.5. The van der Waals surface area contributed by atoms with E-state index in [2.05, 4.69) is 15.4 Å². The molecule has 0 bridgehead atoms. The average molecular weight is 261 g/mol. The summed E-state index contributed by atoms with van der Waals surface area (Å²) in [5, 5.41) is 8.02. The molecule has 102 valence electrons. The van der Waals surface area contributed by atoms with Crippen LogP contribution in [0.1, 0.15) is 26.0 Å². The number of fused-ring (bicyclic) bond motifs is 1. The summed E-state index contributed by atoms with van der Waals surface area (Å²) in [6.45, 7) is 5.50. The molecule has 3 N–H and O–H groups in total. The zero-order valence-corrected chi connectivity index (χ0v) is 11.7. The predicted molar refractivity (Wildman–Crippen MR) is 74.8 cm³/mol. The van der Waals surface area contributed by atoms with Crippen molar-refractivity contribution in [2.75, 3.05) is 5.32 Å². The molecule has 2 heterocycles. The maximum atomic E-state index is 12.0. The Kier molecular flexibility index (Phi) is 3.28. The second-order valence-corrected chi connectivity index (χ2v) is 5.03. The molecular formula is C13H19N5O. The van der Waals surface area contributed by atoms with Gasteiger partial charge in [0.15, 0.2) is 5.65 Å². The van der Waals surface area contributed by atoms with Crippen LogP contribution < -0.4 is 11.1 Å². The average Bonchev–Trinajstić information content (AvgIpc) is 2.64. The Balaban J connectivity index is 2.32. The molecule has 0 fully saturated rings. The van der Waals surface area contributed by atoms with Gasteiger partial charge in [-0.1, -0.05) is 6.92 Å². The fourth-order valence-corrected chi connectivity index (χ4v) is 1.81. The van der Waals surface area contributed by atoms with Gasteiger partial charge in [0.2, 0.25) is 5.91 Å². The Morgan fingerprint density at radius 1 is 1.58 bits per heavy atom. The van der Waals surface area contributed by atoms with Gasteiger partial charge in [-0.3, -0.25) is 9.48 Å². The lowest BCUT2D eigenvalue weighted by Crippen LogP contribution is -2.47. The molecule has 2 aromatic heterocycles. The van der Waals surface area contributed by atoms with E-state index in [1.54, 1.807) is 17.8 Å². The quantitative estimate of drug-likeness (QED) is 0.873.